The lowest BCUT2D eigenvalue weighted by atomic mass is 10.0. The van der Waals surface area contributed by atoms with Gasteiger partial charge in [-0.05, 0) is 11.5 Å². The first kappa shape index (κ1) is 10.1. The standard InChI is InChI=1S/C11H8N2O3/c12-13-10-7-4-2-1-3-6(7)5-8(14)9(10)11(15)16/h1-5,12,14H,(H,15,16). The van der Waals surface area contributed by atoms with Crippen molar-refractivity contribution in [1.82, 2.24) is 0 Å². The van der Waals surface area contributed by atoms with Crippen LogP contribution in [-0.2, 0) is 0 Å². The average molecular weight is 216 g/mol. The van der Waals surface area contributed by atoms with Crippen LogP contribution in [0, 0.1) is 5.53 Å². The summed E-state index contributed by atoms with van der Waals surface area (Å²) < 4.78 is 0. The highest BCUT2D eigenvalue weighted by atomic mass is 16.4. The molecule has 0 heterocycles. The largest absolute Gasteiger partial charge is 0.507 e. The predicted octanol–water partition coefficient (Wildman–Crippen LogP) is 2.91. The van der Waals surface area contributed by atoms with Crippen LogP contribution in [0.25, 0.3) is 10.8 Å². The van der Waals surface area contributed by atoms with Gasteiger partial charge >= 0.3 is 5.97 Å². The number of carbonyl (C=O) groups is 1. The molecule has 0 saturated carbocycles. The summed E-state index contributed by atoms with van der Waals surface area (Å²) in [7, 11) is 0. The number of fused-ring (bicyclic) bond motifs is 1. The van der Waals surface area contributed by atoms with Crippen molar-refractivity contribution >= 4 is 22.4 Å². The maximum absolute atomic E-state index is 10.9. The van der Waals surface area contributed by atoms with Crippen molar-refractivity contribution in [3.05, 3.63) is 35.9 Å². The van der Waals surface area contributed by atoms with E-state index in [0.29, 0.717) is 10.8 Å². The number of benzene rings is 2. The lowest BCUT2D eigenvalue weighted by Gasteiger charge is -2.06. The van der Waals surface area contributed by atoms with Crippen LogP contribution in [0.15, 0.2) is 35.4 Å². The molecule has 0 bridgehead atoms. The van der Waals surface area contributed by atoms with E-state index in [1.54, 1.807) is 24.3 Å². The highest BCUT2D eigenvalue weighted by Crippen LogP contribution is 2.36. The third-order valence-corrected chi connectivity index (χ3v) is 2.33. The van der Waals surface area contributed by atoms with Crippen molar-refractivity contribution in [1.29, 1.82) is 5.53 Å². The Labute approximate surface area is 90.5 Å². The molecule has 16 heavy (non-hydrogen) atoms. The Bertz CT molecular complexity index is 593. The fourth-order valence-corrected chi connectivity index (χ4v) is 1.64. The molecule has 0 atom stereocenters. The van der Waals surface area contributed by atoms with Gasteiger partial charge in [-0.25, -0.2) is 10.3 Å². The zero-order valence-electron chi connectivity index (χ0n) is 8.14. The molecule has 2 aromatic rings. The molecule has 0 amide bonds. The number of aromatic carboxylic acids is 1. The molecule has 0 aliphatic heterocycles. The third-order valence-electron chi connectivity index (χ3n) is 2.33. The molecule has 5 nitrogen and oxygen atoms in total. The topological polar surface area (TPSA) is 93.7 Å². The highest BCUT2D eigenvalue weighted by molar-refractivity contribution is 6.07. The third kappa shape index (κ3) is 1.38. The first-order valence-corrected chi connectivity index (χ1v) is 4.50. The van der Waals surface area contributed by atoms with Crippen LogP contribution in [0.5, 0.6) is 5.75 Å². The molecule has 0 spiro atoms. The van der Waals surface area contributed by atoms with Gasteiger partial charge in [0, 0.05) is 5.39 Å². The van der Waals surface area contributed by atoms with Crippen molar-refractivity contribution in [3.63, 3.8) is 0 Å². The Morgan fingerprint density at radius 1 is 1.31 bits per heavy atom. The Kier molecular flexibility index (Phi) is 2.28. The molecular weight excluding hydrogens is 208 g/mol. The fraction of sp³-hybridized carbons (Fsp3) is 0. The van der Waals surface area contributed by atoms with Crippen molar-refractivity contribution in [2.75, 3.05) is 0 Å². The second-order valence-electron chi connectivity index (χ2n) is 3.26. The molecule has 0 fully saturated rings. The number of phenols is 1. The van der Waals surface area contributed by atoms with Gasteiger partial charge in [0.1, 0.15) is 17.0 Å². The van der Waals surface area contributed by atoms with Crippen molar-refractivity contribution in [3.8, 4) is 5.75 Å². The van der Waals surface area contributed by atoms with E-state index in [2.05, 4.69) is 5.11 Å². The molecule has 0 aliphatic rings. The summed E-state index contributed by atoms with van der Waals surface area (Å²) in [4.78, 5) is 10.9. The highest BCUT2D eigenvalue weighted by Gasteiger charge is 2.18. The minimum atomic E-state index is -1.30. The van der Waals surface area contributed by atoms with E-state index in [9.17, 15) is 9.90 Å². The van der Waals surface area contributed by atoms with Crippen molar-refractivity contribution in [2.45, 2.75) is 0 Å². The Morgan fingerprint density at radius 3 is 2.62 bits per heavy atom. The SMILES string of the molecule is N=Nc1c(C(=O)O)c(O)cc2ccccc12. The fourth-order valence-electron chi connectivity index (χ4n) is 1.64. The first-order valence-electron chi connectivity index (χ1n) is 4.50. The van der Waals surface area contributed by atoms with Gasteiger partial charge in [0.15, 0.2) is 0 Å². The van der Waals surface area contributed by atoms with Gasteiger partial charge < -0.3 is 10.2 Å². The van der Waals surface area contributed by atoms with Crippen molar-refractivity contribution < 1.29 is 15.0 Å². The van der Waals surface area contributed by atoms with Crippen LogP contribution in [0.1, 0.15) is 10.4 Å². The van der Waals surface area contributed by atoms with E-state index in [1.807, 2.05) is 0 Å². The van der Waals surface area contributed by atoms with E-state index in [1.165, 1.54) is 6.07 Å². The average Bonchev–Trinajstić information content (AvgIpc) is 2.26. The molecule has 0 saturated heterocycles. The summed E-state index contributed by atoms with van der Waals surface area (Å²) in [5, 5.41) is 22.9. The van der Waals surface area contributed by atoms with Crippen LogP contribution in [0.2, 0.25) is 0 Å². The number of carboxylic acid groups (broad SMARTS) is 1. The smallest absolute Gasteiger partial charge is 0.341 e. The molecule has 2 aromatic carbocycles. The first-order chi connectivity index (χ1) is 7.65. The summed E-state index contributed by atoms with van der Waals surface area (Å²) in [5.41, 5.74) is 6.64. The maximum atomic E-state index is 10.9. The lowest BCUT2D eigenvalue weighted by molar-refractivity contribution is 0.0695. The second kappa shape index (κ2) is 3.62. The van der Waals surface area contributed by atoms with Crippen LogP contribution < -0.4 is 0 Å². The minimum Gasteiger partial charge on any atom is -0.507 e. The predicted molar refractivity (Wildman–Crippen MR) is 57.4 cm³/mol. The lowest BCUT2D eigenvalue weighted by Crippen LogP contribution is -1.97. The van der Waals surface area contributed by atoms with E-state index >= 15 is 0 Å². The second-order valence-corrected chi connectivity index (χ2v) is 3.26. The summed E-state index contributed by atoms with van der Waals surface area (Å²) >= 11 is 0. The number of hydrogen-bond acceptors (Lipinski definition) is 4. The van der Waals surface area contributed by atoms with Crippen LogP contribution in [0.4, 0.5) is 5.69 Å². The summed E-state index contributed by atoms with van der Waals surface area (Å²) in [5.74, 6) is -1.67. The zero-order chi connectivity index (χ0) is 11.7. The maximum Gasteiger partial charge on any atom is 0.341 e. The number of nitrogens with zero attached hydrogens (tertiary/aromatic N) is 1. The molecular formula is C11H8N2O3. The monoisotopic (exact) mass is 216 g/mol. The number of nitrogens with one attached hydrogen (secondary N) is 1. The zero-order valence-corrected chi connectivity index (χ0v) is 8.14. The Morgan fingerprint density at radius 2 is 2.00 bits per heavy atom. The molecule has 0 radical (unpaired) electrons. The van der Waals surface area contributed by atoms with Gasteiger partial charge in [0.2, 0.25) is 0 Å². The summed E-state index contributed by atoms with van der Waals surface area (Å²) in [6.07, 6.45) is 0. The van der Waals surface area contributed by atoms with Crippen LogP contribution in [0.3, 0.4) is 0 Å². The van der Waals surface area contributed by atoms with Gasteiger partial charge in [-0.1, -0.05) is 24.3 Å². The van der Waals surface area contributed by atoms with Crippen molar-refractivity contribution in [2.24, 2.45) is 5.11 Å². The summed E-state index contributed by atoms with van der Waals surface area (Å²) in [6.45, 7) is 0. The Hall–Kier alpha value is -2.43. The quantitative estimate of drug-likeness (QED) is 0.673. The van der Waals surface area contributed by atoms with Crippen LogP contribution >= 0.6 is 0 Å². The normalized spacial score (nSPS) is 10.2. The number of hydrogen-bond donors (Lipinski definition) is 3. The number of aromatic hydroxyl groups is 1. The molecule has 0 unspecified atom stereocenters. The van der Waals surface area contributed by atoms with Gasteiger partial charge in [-0.15, -0.1) is 0 Å². The van der Waals surface area contributed by atoms with E-state index in [0.717, 1.165) is 0 Å². The molecule has 0 aromatic heterocycles. The van der Waals surface area contributed by atoms with Gasteiger partial charge in [-0.2, -0.15) is 5.11 Å². The van der Waals surface area contributed by atoms with Gasteiger partial charge in [-0.3, -0.25) is 0 Å². The van der Waals surface area contributed by atoms with E-state index in [-0.39, 0.29) is 17.0 Å². The molecule has 2 rings (SSSR count). The van der Waals surface area contributed by atoms with Gasteiger partial charge in [0.05, 0.1) is 0 Å². The van der Waals surface area contributed by atoms with E-state index < -0.39 is 5.97 Å². The molecule has 5 heteroatoms. The van der Waals surface area contributed by atoms with Gasteiger partial charge in [0.25, 0.3) is 0 Å². The minimum absolute atomic E-state index is 0.0249. The number of rotatable bonds is 2. The summed E-state index contributed by atoms with van der Waals surface area (Å²) in [6, 6.07) is 8.22. The molecule has 0 aliphatic carbocycles. The Balaban J connectivity index is 2.96. The number of carboxylic acids is 1. The molecule has 80 valence electrons. The van der Waals surface area contributed by atoms with Crippen LogP contribution in [-0.4, -0.2) is 16.2 Å². The molecule has 3 N–H and O–H groups in total. The van der Waals surface area contributed by atoms with E-state index in [4.69, 9.17) is 10.6 Å².